The highest BCUT2D eigenvalue weighted by Gasteiger charge is 2.51. The van der Waals surface area contributed by atoms with Gasteiger partial charge in [0.05, 0.1) is 40.2 Å². The number of aromatic hydroxyl groups is 2. The van der Waals surface area contributed by atoms with Crippen LogP contribution in [0.1, 0.15) is 16.7 Å². The van der Waals surface area contributed by atoms with Gasteiger partial charge in [-0.25, -0.2) is 0 Å². The minimum Gasteiger partial charge on any atom is -0.505 e. The fourth-order valence-electron chi connectivity index (χ4n) is 3.53. The van der Waals surface area contributed by atoms with E-state index in [-0.39, 0.29) is 84.1 Å². The quantitative estimate of drug-likeness (QED) is 0.157. The van der Waals surface area contributed by atoms with Crippen molar-refractivity contribution in [2.24, 2.45) is 0 Å². The summed E-state index contributed by atoms with van der Waals surface area (Å²) in [6, 6.07) is 4.43. The molecule has 3 aromatic rings. The van der Waals surface area contributed by atoms with E-state index in [0.29, 0.717) is 0 Å². The standard InChI is InChI=1S/C20H6Br4Cl4O5/c21-8-1-6-18(11(23)16(8)30)33-19-7(2-9(22)17(31)12(19)24)20(6,32-4-29)5-3-10(25)14(27)15(28)13(5)26/h1-4,30-31H. The van der Waals surface area contributed by atoms with Crippen molar-refractivity contribution in [3.8, 4) is 23.0 Å². The summed E-state index contributed by atoms with van der Waals surface area (Å²) in [7, 11) is 0. The van der Waals surface area contributed by atoms with Gasteiger partial charge in [0, 0.05) is 5.56 Å². The van der Waals surface area contributed by atoms with Gasteiger partial charge in [-0.15, -0.1) is 0 Å². The average Bonchev–Trinajstić information content (AvgIpc) is 2.78. The summed E-state index contributed by atoms with van der Waals surface area (Å²) >= 11 is 38.7. The number of ether oxygens (including phenoxy) is 2. The Balaban J connectivity index is 2.29. The summed E-state index contributed by atoms with van der Waals surface area (Å²) in [4.78, 5) is 11.9. The molecule has 1 aliphatic rings. The second-order valence-corrected chi connectivity index (χ2v) is 11.5. The van der Waals surface area contributed by atoms with Gasteiger partial charge < -0.3 is 19.7 Å². The number of hydrogen-bond acceptors (Lipinski definition) is 5. The Morgan fingerprint density at radius 1 is 0.788 bits per heavy atom. The molecule has 0 atom stereocenters. The van der Waals surface area contributed by atoms with Crippen LogP contribution in [0.5, 0.6) is 23.0 Å². The lowest BCUT2D eigenvalue weighted by atomic mass is 9.77. The summed E-state index contributed by atoms with van der Waals surface area (Å²) in [5.74, 6) is -0.169. The second kappa shape index (κ2) is 9.24. The summed E-state index contributed by atoms with van der Waals surface area (Å²) in [5, 5.41) is 21.0. The third kappa shape index (κ3) is 3.78. The molecule has 0 saturated carbocycles. The van der Waals surface area contributed by atoms with Crippen LogP contribution in [0.3, 0.4) is 0 Å². The predicted molar refractivity (Wildman–Crippen MR) is 141 cm³/mol. The number of phenols is 2. The maximum atomic E-state index is 11.9. The van der Waals surface area contributed by atoms with Gasteiger partial charge in [0.1, 0.15) is 20.4 Å². The van der Waals surface area contributed by atoms with E-state index in [4.69, 9.17) is 55.9 Å². The number of benzene rings is 3. The zero-order chi connectivity index (χ0) is 24.4. The highest BCUT2D eigenvalue weighted by atomic mass is 79.9. The van der Waals surface area contributed by atoms with Crippen LogP contribution < -0.4 is 4.74 Å². The summed E-state index contributed by atoms with van der Waals surface area (Å²) in [6.45, 7) is 0.231. The monoisotopic (exact) mass is 782 g/mol. The van der Waals surface area contributed by atoms with Crippen LogP contribution >= 0.6 is 110 Å². The zero-order valence-corrected chi connectivity index (χ0v) is 24.8. The molecule has 4 rings (SSSR count). The van der Waals surface area contributed by atoms with E-state index in [0.717, 1.165) is 0 Å². The van der Waals surface area contributed by atoms with Crippen molar-refractivity contribution in [3.63, 3.8) is 0 Å². The smallest absolute Gasteiger partial charge is 0.294 e. The van der Waals surface area contributed by atoms with Crippen LogP contribution in [-0.2, 0) is 15.1 Å². The molecule has 0 aromatic heterocycles. The zero-order valence-electron chi connectivity index (χ0n) is 15.5. The fourth-order valence-corrected chi connectivity index (χ4v) is 6.87. The van der Waals surface area contributed by atoms with Crippen molar-refractivity contribution in [1.29, 1.82) is 0 Å². The minimum atomic E-state index is -1.79. The minimum absolute atomic E-state index is 0.0157. The van der Waals surface area contributed by atoms with Crippen LogP contribution in [0.15, 0.2) is 36.1 Å². The predicted octanol–water partition coefficient (Wildman–Crippen LogP) is 9.33. The number of halogens is 8. The topological polar surface area (TPSA) is 76.0 Å². The van der Waals surface area contributed by atoms with Gasteiger partial charge in [-0.2, -0.15) is 0 Å². The number of rotatable bonds is 3. The van der Waals surface area contributed by atoms with E-state index >= 15 is 0 Å². The molecule has 13 heteroatoms. The number of phenolic OH excluding ortho intramolecular Hbond substituents is 2. The Morgan fingerprint density at radius 2 is 1.27 bits per heavy atom. The van der Waals surface area contributed by atoms with Gasteiger partial charge >= 0.3 is 0 Å². The summed E-state index contributed by atoms with van der Waals surface area (Å²) < 4.78 is 12.7. The first-order chi connectivity index (χ1) is 15.5. The molecule has 2 N–H and O–H groups in total. The normalized spacial score (nSPS) is 13.7. The van der Waals surface area contributed by atoms with Gasteiger partial charge in [-0.05, 0) is 81.9 Å². The maximum Gasteiger partial charge on any atom is 0.294 e. The van der Waals surface area contributed by atoms with Crippen molar-refractivity contribution in [2.45, 2.75) is 5.60 Å². The summed E-state index contributed by atoms with van der Waals surface area (Å²) in [5.41, 5.74) is -1.11. The van der Waals surface area contributed by atoms with E-state index in [1.54, 1.807) is 0 Å². The molecular weight excluding hydrogens is 782 g/mol. The highest BCUT2D eigenvalue weighted by molar-refractivity contribution is 9.11. The number of hydrogen-bond donors (Lipinski definition) is 2. The molecule has 0 fully saturated rings. The lowest BCUT2D eigenvalue weighted by Crippen LogP contribution is -2.36. The van der Waals surface area contributed by atoms with Crippen molar-refractivity contribution in [1.82, 2.24) is 0 Å². The molecule has 0 unspecified atom stereocenters. The second-order valence-electron chi connectivity index (χ2n) is 6.64. The van der Waals surface area contributed by atoms with E-state index < -0.39 is 5.60 Å². The van der Waals surface area contributed by atoms with Crippen molar-refractivity contribution >= 4 is 117 Å². The maximum absolute atomic E-state index is 11.9. The molecule has 0 spiro atoms. The van der Waals surface area contributed by atoms with Gasteiger partial charge in [-0.3, -0.25) is 4.79 Å². The van der Waals surface area contributed by atoms with E-state index in [1.165, 1.54) is 18.2 Å². The van der Waals surface area contributed by atoms with Crippen molar-refractivity contribution in [2.75, 3.05) is 0 Å². The third-order valence-corrected chi connectivity index (χ3v) is 9.40. The van der Waals surface area contributed by atoms with Gasteiger partial charge in [0.15, 0.2) is 17.1 Å². The molecule has 33 heavy (non-hydrogen) atoms. The molecular formula is C20H6Br4Cl4O5. The molecule has 0 aliphatic carbocycles. The van der Waals surface area contributed by atoms with Crippen LogP contribution in [0.25, 0.3) is 0 Å². The summed E-state index contributed by atoms with van der Waals surface area (Å²) in [6.07, 6.45) is 0. The average molecular weight is 788 g/mol. The van der Waals surface area contributed by atoms with Crippen LogP contribution in [-0.4, -0.2) is 16.7 Å². The number of fused-ring (bicyclic) bond motifs is 2. The molecule has 0 radical (unpaired) electrons. The van der Waals surface area contributed by atoms with Gasteiger partial charge in [0.2, 0.25) is 0 Å². The first kappa shape index (κ1) is 25.7. The molecule has 3 aromatic carbocycles. The SMILES string of the molecule is O=COC1(c2cc(Cl)c(Cl)c(Cl)c2Cl)c2cc(Br)c(O)c(Br)c2Oc2c1cc(Br)c(O)c2Br. The lowest BCUT2D eigenvalue weighted by molar-refractivity contribution is -0.137. The molecule has 0 bridgehead atoms. The highest BCUT2D eigenvalue weighted by Crippen LogP contribution is 2.62. The molecule has 172 valence electrons. The third-order valence-electron chi connectivity index (χ3n) is 4.97. The Hall–Kier alpha value is -0.390. The number of carbonyl (C=O) groups excluding carboxylic acids is 1. The van der Waals surface area contributed by atoms with Crippen molar-refractivity contribution < 1.29 is 24.5 Å². The number of carbonyl (C=O) groups is 1. The lowest BCUT2D eigenvalue weighted by Gasteiger charge is -2.40. The molecule has 0 saturated heterocycles. The Labute approximate surface area is 240 Å². The van der Waals surface area contributed by atoms with Crippen LogP contribution in [0.2, 0.25) is 20.1 Å². The Morgan fingerprint density at radius 3 is 1.73 bits per heavy atom. The van der Waals surface area contributed by atoms with Crippen molar-refractivity contribution in [3.05, 3.63) is 72.9 Å². The molecule has 1 aliphatic heterocycles. The molecule has 1 heterocycles. The molecule has 0 amide bonds. The largest absolute Gasteiger partial charge is 0.505 e. The van der Waals surface area contributed by atoms with E-state index in [9.17, 15) is 15.0 Å². The van der Waals surface area contributed by atoms with Crippen LogP contribution in [0, 0.1) is 0 Å². The fraction of sp³-hybridized carbons (Fsp3) is 0.0500. The van der Waals surface area contributed by atoms with E-state index in [1.807, 2.05) is 0 Å². The molecule has 5 nitrogen and oxygen atoms in total. The van der Waals surface area contributed by atoms with Gasteiger partial charge in [0.25, 0.3) is 6.47 Å². The first-order valence-corrected chi connectivity index (χ1v) is 13.2. The van der Waals surface area contributed by atoms with Gasteiger partial charge in [-0.1, -0.05) is 46.4 Å². The Kier molecular flexibility index (Phi) is 7.20. The van der Waals surface area contributed by atoms with E-state index in [2.05, 4.69) is 63.7 Å². The Bertz CT molecular complexity index is 1280. The van der Waals surface area contributed by atoms with Crippen LogP contribution in [0.4, 0.5) is 0 Å². The first-order valence-electron chi connectivity index (χ1n) is 8.52.